The van der Waals surface area contributed by atoms with Crippen LogP contribution < -0.4 is 5.73 Å². The number of benzene rings is 1. The quantitative estimate of drug-likeness (QED) is 0.885. The Kier molecular flexibility index (Phi) is 3.13. The molecule has 0 unspecified atom stereocenters. The molecule has 5 nitrogen and oxygen atoms in total. The van der Waals surface area contributed by atoms with Crippen molar-refractivity contribution in [1.29, 1.82) is 0 Å². The molecule has 0 fully saturated rings. The van der Waals surface area contributed by atoms with Gasteiger partial charge in [0.15, 0.2) is 9.84 Å². The molecule has 0 aliphatic carbocycles. The second-order valence-electron chi connectivity index (χ2n) is 4.04. The molecule has 1 aromatic carbocycles. The van der Waals surface area contributed by atoms with E-state index in [1.165, 1.54) is 0 Å². The van der Waals surface area contributed by atoms with Crippen molar-refractivity contribution in [2.24, 2.45) is 0 Å². The topological polar surface area (TPSA) is 88.8 Å². The van der Waals surface area contributed by atoms with Gasteiger partial charge >= 0.3 is 0 Å². The third kappa shape index (κ3) is 2.11. The first-order valence-corrected chi connectivity index (χ1v) is 7.24. The van der Waals surface area contributed by atoms with Gasteiger partial charge in [0.25, 0.3) is 0 Å². The molecular formula is C12H15N3O2S. The van der Waals surface area contributed by atoms with Gasteiger partial charge in [-0.05, 0) is 24.6 Å². The average molecular weight is 265 g/mol. The molecule has 6 heteroatoms. The summed E-state index contributed by atoms with van der Waals surface area (Å²) in [6, 6.07) is 6.71. The normalized spacial score (nSPS) is 11.7. The fourth-order valence-electron chi connectivity index (χ4n) is 1.69. The largest absolute Gasteiger partial charge is 0.382 e. The van der Waals surface area contributed by atoms with Crippen LogP contribution in [0, 0.1) is 6.92 Å². The SMILES string of the molecule is CCS(=O)(=O)c1ccc(-c2[nH]nc(N)c2C)cc1. The first-order chi connectivity index (χ1) is 8.45. The highest BCUT2D eigenvalue weighted by Crippen LogP contribution is 2.25. The van der Waals surface area contributed by atoms with Crippen molar-refractivity contribution in [3.05, 3.63) is 29.8 Å². The molecule has 1 heterocycles. The van der Waals surface area contributed by atoms with E-state index in [9.17, 15) is 8.42 Å². The van der Waals surface area contributed by atoms with Crippen LogP contribution in [-0.2, 0) is 9.84 Å². The summed E-state index contributed by atoms with van der Waals surface area (Å²) < 4.78 is 23.4. The van der Waals surface area contributed by atoms with Crippen molar-refractivity contribution in [2.75, 3.05) is 11.5 Å². The zero-order chi connectivity index (χ0) is 13.3. The van der Waals surface area contributed by atoms with E-state index in [-0.39, 0.29) is 5.75 Å². The Labute approximate surface area is 106 Å². The fourth-order valence-corrected chi connectivity index (χ4v) is 2.57. The third-order valence-corrected chi connectivity index (χ3v) is 4.68. The van der Waals surface area contributed by atoms with Gasteiger partial charge in [-0.1, -0.05) is 19.1 Å². The highest BCUT2D eigenvalue weighted by molar-refractivity contribution is 7.91. The molecule has 0 aliphatic rings. The Morgan fingerprint density at radius 3 is 2.33 bits per heavy atom. The number of nitrogen functional groups attached to an aromatic ring is 1. The molecule has 0 spiro atoms. The summed E-state index contributed by atoms with van der Waals surface area (Å²) in [7, 11) is -3.15. The van der Waals surface area contributed by atoms with Crippen LogP contribution in [0.2, 0.25) is 0 Å². The van der Waals surface area contributed by atoms with Crippen LogP contribution in [0.4, 0.5) is 5.82 Å². The van der Waals surface area contributed by atoms with Crippen LogP contribution in [0.3, 0.4) is 0 Å². The van der Waals surface area contributed by atoms with Gasteiger partial charge < -0.3 is 5.73 Å². The lowest BCUT2D eigenvalue weighted by atomic mass is 10.1. The second-order valence-corrected chi connectivity index (χ2v) is 6.31. The summed E-state index contributed by atoms with van der Waals surface area (Å²) in [5.74, 6) is 0.554. The fraction of sp³-hybridized carbons (Fsp3) is 0.250. The minimum absolute atomic E-state index is 0.0996. The summed E-state index contributed by atoms with van der Waals surface area (Å²) in [5.41, 5.74) is 8.20. The molecule has 0 amide bonds. The maximum Gasteiger partial charge on any atom is 0.178 e. The van der Waals surface area contributed by atoms with Crippen LogP contribution in [0.15, 0.2) is 29.2 Å². The molecule has 2 rings (SSSR count). The first kappa shape index (κ1) is 12.6. The Balaban J connectivity index is 2.43. The van der Waals surface area contributed by atoms with Gasteiger partial charge in [0.2, 0.25) is 0 Å². The Hall–Kier alpha value is -1.82. The molecule has 2 aromatic rings. The highest BCUT2D eigenvalue weighted by Gasteiger charge is 2.13. The van der Waals surface area contributed by atoms with E-state index in [4.69, 9.17) is 5.73 Å². The summed E-state index contributed by atoms with van der Waals surface area (Å²) in [6.45, 7) is 3.49. The number of rotatable bonds is 3. The predicted octanol–water partition coefficient (Wildman–Crippen LogP) is 1.76. The minimum Gasteiger partial charge on any atom is -0.382 e. The lowest BCUT2D eigenvalue weighted by molar-refractivity contribution is 0.597. The van der Waals surface area contributed by atoms with E-state index < -0.39 is 9.84 Å². The number of H-pyrrole nitrogens is 1. The number of nitrogens with one attached hydrogen (secondary N) is 1. The van der Waals surface area contributed by atoms with Gasteiger partial charge in [-0.15, -0.1) is 0 Å². The molecule has 0 atom stereocenters. The first-order valence-electron chi connectivity index (χ1n) is 5.59. The number of nitrogens with zero attached hydrogens (tertiary/aromatic N) is 1. The number of sulfone groups is 1. The molecule has 0 saturated carbocycles. The van der Waals surface area contributed by atoms with Gasteiger partial charge in [-0.25, -0.2) is 8.42 Å². The summed E-state index contributed by atoms with van der Waals surface area (Å²) in [5, 5.41) is 6.75. The summed E-state index contributed by atoms with van der Waals surface area (Å²) in [4.78, 5) is 0.332. The van der Waals surface area contributed by atoms with Crippen LogP contribution in [0.1, 0.15) is 12.5 Å². The van der Waals surface area contributed by atoms with Gasteiger partial charge in [-0.2, -0.15) is 5.10 Å². The summed E-state index contributed by atoms with van der Waals surface area (Å²) >= 11 is 0. The van der Waals surface area contributed by atoms with Gasteiger partial charge in [-0.3, -0.25) is 5.10 Å². The molecule has 0 aliphatic heterocycles. The Morgan fingerprint density at radius 1 is 1.28 bits per heavy atom. The van der Waals surface area contributed by atoms with Crippen molar-refractivity contribution in [3.63, 3.8) is 0 Å². The number of anilines is 1. The van der Waals surface area contributed by atoms with Gasteiger partial charge in [0, 0.05) is 5.56 Å². The van der Waals surface area contributed by atoms with E-state index in [0.29, 0.717) is 10.7 Å². The smallest absolute Gasteiger partial charge is 0.178 e. The molecule has 1 aromatic heterocycles. The van der Waals surface area contributed by atoms with Crippen molar-refractivity contribution in [2.45, 2.75) is 18.7 Å². The number of aromatic nitrogens is 2. The van der Waals surface area contributed by atoms with E-state index in [0.717, 1.165) is 16.8 Å². The average Bonchev–Trinajstić information content (AvgIpc) is 2.70. The number of nitrogens with two attached hydrogens (primary N) is 1. The number of hydrogen-bond donors (Lipinski definition) is 2. The summed E-state index contributed by atoms with van der Waals surface area (Å²) in [6.07, 6.45) is 0. The second kappa shape index (κ2) is 4.45. The van der Waals surface area contributed by atoms with E-state index in [1.807, 2.05) is 6.92 Å². The standard InChI is InChI=1S/C12H15N3O2S/c1-3-18(16,17)10-6-4-9(5-7-10)11-8(2)12(13)15-14-11/h4-7H,3H2,1-2H3,(H3,13,14,15). The van der Waals surface area contributed by atoms with Crippen LogP contribution in [0.5, 0.6) is 0 Å². The molecule has 3 N–H and O–H groups in total. The zero-order valence-corrected chi connectivity index (χ0v) is 11.1. The van der Waals surface area contributed by atoms with Crippen LogP contribution in [0.25, 0.3) is 11.3 Å². The van der Waals surface area contributed by atoms with Gasteiger partial charge in [0.1, 0.15) is 5.82 Å². The number of hydrogen-bond acceptors (Lipinski definition) is 4. The Morgan fingerprint density at radius 2 is 1.89 bits per heavy atom. The molecule has 0 radical (unpaired) electrons. The van der Waals surface area contributed by atoms with Crippen molar-refractivity contribution >= 4 is 15.7 Å². The van der Waals surface area contributed by atoms with Crippen molar-refractivity contribution < 1.29 is 8.42 Å². The monoisotopic (exact) mass is 265 g/mol. The lowest BCUT2D eigenvalue weighted by Crippen LogP contribution is -2.03. The highest BCUT2D eigenvalue weighted by atomic mass is 32.2. The molecule has 18 heavy (non-hydrogen) atoms. The minimum atomic E-state index is -3.15. The Bertz CT molecular complexity index is 657. The van der Waals surface area contributed by atoms with Crippen molar-refractivity contribution in [1.82, 2.24) is 10.2 Å². The van der Waals surface area contributed by atoms with E-state index >= 15 is 0 Å². The van der Waals surface area contributed by atoms with Crippen LogP contribution in [-0.4, -0.2) is 24.4 Å². The molecular weight excluding hydrogens is 250 g/mol. The maximum atomic E-state index is 11.7. The van der Waals surface area contributed by atoms with E-state index in [1.54, 1.807) is 31.2 Å². The third-order valence-electron chi connectivity index (χ3n) is 2.93. The molecule has 0 bridgehead atoms. The number of aromatic amines is 1. The zero-order valence-electron chi connectivity index (χ0n) is 10.3. The maximum absolute atomic E-state index is 11.7. The predicted molar refractivity (Wildman–Crippen MR) is 70.9 cm³/mol. The lowest BCUT2D eigenvalue weighted by Gasteiger charge is -2.03. The van der Waals surface area contributed by atoms with Crippen molar-refractivity contribution in [3.8, 4) is 11.3 Å². The van der Waals surface area contributed by atoms with E-state index in [2.05, 4.69) is 10.2 Å². The molecule has 96 valence electrons. The van der Waals surface area contributed by atoms with Crippen LogP contribution >= 0.6 is 0 Å². The van der Waals surface area contributed by atoms with Gasteiger partial charge in [0.05, 0.1) is 16.3 Å². The molecule has 0 saturated heterocycles.